The second-order valence-electron chi connectivity index (χ2n) is 4.05. The van der Waals surface area contributed by atoms with Gasteiger partial charge < -0.3 is 9.84 Å². The van der Waals surface area contributed by atoms with Crippen molar-refractivity contribution in [3.05, 3.63) is 30.6 Å². The molecule has 0 spiro atoms. The van der Waals surface area contributed by atoms with E-state index in [-0.39, 0.29) is 6.42 Å². The third kappa shape index (κ3) is 4.09. The Bertz CT molecular complexity index is 508. The first-order chi connectivity index (χ1) is 9.25. The number of pyridine rings is 1. The largest absolute Gasteiger partial charge is 0.492 e. The van der Waals surface area contributed by atoms with Crippen molar-refractivity contribution in [2.45, 2.75) is 19.3 Å². The van der Waals surface area contributed by atoms with Gasteiger partial charge in [0.15, 0.2) is 0 Å². The minimum absolute atomic E-state index is 0.181. The Morgan fingerprint density at radius 1 is 1.32 bits per heavy atom. The van der Waals surface area contributed by atoms with Crippen LogP contribution in [0.1, 0.15) is 19.3 Å². The van der Waals surface area contributed by atoms with Crippen LogP contribution in [-0.4, -0.2) is 32.9 Å². The van der Waals surface area contributed by atoms with Gasteiger partial charge in [0.2, 0.25) is 0 Å². The number of ether oxygens (including phenoxy) is 1. The summed E-state index contributed by atoms with van der Waals surface area (Å²) in [6.45, 7) is 0.498. The maximum Gasteiger partial charge on any atom is 0.303 e. The average Bonchev–Trinajstić information content (AvgIpc) is 2.93. The van der Waals surface area contributed by atoms with E-state index in [1.54, 1.807) is 12.4 Å². The van der Waals surface area contributed by atoms with Crippen LogP contribution in [0.5, 0.6) is 5.75 Å². The predicted molar refractivity (Wildman–Crippen MR) is 68.8 cm³/mol. The van der Waals surface area contributed by atoms with Crippen LogP contribution in [0.15, 0.2) is 30.6 Å². The minimum Gasteiger partial charge on any atom is -0.492 e. The molecule has 19 heavy (non-hydrogen) atoms. The van der Waals surface area contributed by atoms with Crippen LogP contribution < -0.4 is 4.74 Å². The van der Waals surface area contributed by atoms with E-state index in [9.17, 15) is 4.79 Å². The van der Waals surface area contributed by atoms with E-state index in [4.69, 9.17) is 9.84 Å². The highest BCUT2D eigenvalue weighted by Crippen LogP contribution is 2.17. The molecule has 2 aromatic heterocycles. The molecule has 0 atom stereocenters. The van der Waals surface area contributed by atoms with Crippen LogP contribution >= 0.6 is 0 Å². The zero-order chi connectivity index (χ0) is 13.5. The molecule has 6 nitrogen and oxygen atoms in total. The molecule has 0 fully saturated rings. The molecule has 0 saturated heterocycles. The number of nitrogens with zero attached hydrogens (tertiary/aromatic N) is 2. The van der Waals surface area contributed by atoms with Crippen molar-refractivity contribution < 1.29 is 14.6 Å². The number of hydrogen-bond donors (Lipinski definition) is 2. The molecule has 0 saturated carbocycles. The van der Waals surface area contributed by atoms with Crippen molar-refractivity contribution in [2.75, 3.05) is 6.61 Å². The molecule has 2 N–H and O–H groups in total. The lowest BCUT2D eigenvalue weighted by Crippen LogP contribution is -2.00. The number of aromatic amines is 1. The SMILES string of the molecule is O=C(O)CCCCOc1ccc(-c2ccn[nH]2)nc1. The van der Waals surface area contributed by atoms with Crippen LogP contribution in [0.2, 0.25) is 0 Å². The Balaban J connectivity index is 1.78. The van der Waals surface area contributed by atoms with Gasteiger partial charge in [-0.15, -0.1) is 0 Å². The first-order valence-corrected chi connectivity index (χ1v) is 6.06. The molecule has 2 heterocycles. The Morgan fingerprint density at radius 3 is 2.84 bits per heavy atom. The topological polar surface area (TPSA) is 88.1 Å². The molecule has 2 rings (SSSR count). The fraction of sp³-hybridized carbons (Fsp3) is 0.308. The van der Waals surface area contributed by atoms with Gasteiger partial charge in [-0.1, -0.05) is 0 Å². The number of carboxylic acid groups (broad SMARTS) is 1. The van der Waals surface area contributed by atoms with Crippen LogP contribution in [0, 0.1) is 0 Å². The van der Waals surface area contributed by atoms with Crippen molar-refractivity contribution in [1.82, 2.24) is 15.2 Å². The summed E-state index contributed by atoms with van der Waals surface area (Å²) >= 11 is 0. The maximum atomic E-state index is 10.3. The molecular formula is C13H15N3O3. The molecule has 0 aliphatic heterocycles. The Labute approximate surface area is 110 Å². The van der Waals surface area contributed by atoms with Gasteiger partial charge in [0, 0.05) is 12.6 Å². The number of H-pyrrole nitrogens is 1. The quantitative estimate of drug-likeness (QED) is 0.745. The summed E-state index contributed by atoms with van der Waals surface area (Å²) in [4.78, 5) is 14.6. The highest BCUT2D eigenvalue weighted by molar-refractivity contribution is 5.66. The number of carboxylic acids is 1. The standard InChI is InChI=1S/C13H15N3O3/c17-13(18)3-1-2-8-19-10-4-5-11(14-9-10)12-6-7-15-16-12/h4-7,9H,1-3,8H2,(H,15,16)(H,17,18). The summed E-state index contributed by atoms with van der Waals surface area (Å²) in [7, 11) is 0. The molecule has 2 aromatic rings. The minimum atomic E-state index is -0.773. The first-order valence-electron chi connectivity index (χ1n) is 6.06. The Kier molecular flexibility index (Phi) is 4.49. The molecule has 0 aliphatic rings. The lowest BCUT2D eigenvalue weighted by atomic mass is 10.2. The molecular weight excluding hydrogens is 246 g/mol. The van der Waals surface area contributed by atoms with E-state index >= 15 is 0 Å². The van der Waals surface area contributed by atoms with Crippen molar-refractivity contribution in [2.24, 2.45) is 0 Å². The smallest absolute Gasteiger partial charge is 0.303 e. The zero-order valence-corrected chi connectivity index (χ0v) is 10.4. The van der Waals surface area contributed by atoms with Gasteiger partial charge >= 0.3 is 5.97 Å². The van der Waals surface area contributed by atoms with Crippen LogP contribution in [0.25, 0.3) is 11.4 Å². The number of aromatic nitrogens is 3. The Hall–Kier alpha value is -2.37. The monoisotopic (exact) mass is 261 g/mol. The number of rotatable bonds is 7. The van der Waals surface area contributed by atoms with E-state index in [0.717, 1.165) is 11.4 Å². The third-order valence-electron chi connectivity index (χ3n) is 2.57. The van der Waals surface area contributed by atoms with E-state index in [2.05, 4.69) is 15.2 Å². The van der Waals surface area contributed by atoms with Gasteiger partial charge in [0.05, 0.1) is 24.2 Å². The number of carbonyl (C=O) groups is 1. The second kappa shape index (κ2) is 6.53. The van der Waals surface area contributed by atoms with Crippen LogP contribution in [-0.2, 0) is 4.79 Å². The average molecular weight is 261 g/mol. The molecule has 0 bridgehead atoms. The number of nitrogens with one attached hydrogen (secondary N) is 1. The van der Waals surface area contributed by atoms with Crippen molar-refractivity contribution in [3.63, 3.8) is 0 Å². The second-order valence-corrected chi connectivity index (χ2v) is 4.05. The highest BCUT2D eigenvalue weighted by Gasteiger charge is 2.01. The number of hydrogen-bond acceptors (Lipinski definition) is 4. The highest BCUT2D eigenvalue weighted by atomic mass is 16.5. The van der Waals surface area contributed by atoms with Gasteiger partial charge in [0.25, 0.3) is 0 Å². The van der Waals surface area contributed by atoms with Gasteiger partial charge in [-0.25, -0.2) is 0 Å². The van der Waals surface area contributed by atoms with Gasteiger partial charge in [-0.2, -0.15) is 5.10 Å². The Morgan fingerprint density at radius 2 is 2.21 bits per heavy atom. The lowest BCUT2D eigenvalue weighted by Gasteiger charge is -2.05. The van der Waals surface area contributed by atoms with Gasteiger partial charge in [0.1, 0.15) is 5.75 Å². The molecule has 0 radical (unpaired) electrons. The normalized spacial score (nSPS) is 10.3. The summed E-state index contributed by atoms with van der Waals surface area (Å²) < 4.78 is 5.48. The first kappa shape index (κ1) is 13.1. The van der Waals surface area contributed by atoms with Crippen molar-refractivity contribution in [3.8, 4) is 17.1 Å². The van der Waals surface area contributed by atoms with Crippen molar-refractivity contribution >= 4 is 5.97 Å². The van der Waals surface area contributed by atoms with Crippen molar-refractivity contribution in [1.29, 1.82) is 0 Å². The van der Waals surface area contributed by atoms with E-state index in [1.165, 1.54) is 0 Å². The third-order valence-corrected chi connectivity index (χ3v) is 2.57. The molecule has 6 heteroatoms. The molecule has 0 aliphatic carbocycles. The summed E-state index contributed by atoms with van der Waals surface area (Å²) in [5.74, 6) is -0.0934. The summed E-state index contributed by atoms with van der Waals surface area (Å²) in [5.41, 5.74) is 1.66. The fourth-order valence-corrected chi connectivity index (χ4v) is 1.59. The van der Waals surface area contributed by atoms with Gasteiger partial charge in [-0.05, 0) is 31.0 Å². The predicted octanol–water partition coefficient (Wildman–Crippen LogP) is 2.11. The fourth-order valence-electron chi connectivity index (χ4n) is 1.59. The molecule has 100 valence electrons. The molecule has 0 unspecified atom stereocenters. The van der Waals surface area contributed by atoms with E-state index < -0.39 is 5.97 Å². The summed E-state index contributed by atoms with van der Waals surface area (Å²) in [5, 5.41) is 15.2. The number of unbranched alkanes of at least 4 members (excludes halogenated alkanes) is 1. The van der Waals surface area contributed by atoms with E-state index in [1.807, 2.05) is 18.2 Å². The molecule has 0 aromatic carbocycles. The number of aliphatic carboxylic acids is 1. The lowest BCUT2D eigenvalue weighted by molar-refractivity contribution is -0.137. The summed E-state index contributed by atoms with van der Waals surface area (Å²) in [6.07, 6.45) is 4.83. The molecule has 0 amide bonds. The van der Waals surface area contributed by atoms with E-state index in [0.29, 0.717) is 25.2 Å². The van der Waals surface area contributed by atoms with Crippen LogP contribution in [0.3, 0.4) is 0 Å². The van der Waals surface area contributed by atoms with Crippen LogP contribution in [0.4, 0.5) is 0 Å². The van der Waals surface area contributed by atoms with Gasteiger partial charge in [-0.3, -0.25) is 14.9 Å². The summed E-state index contributed by atoms with van der Waals surface area (Å²) in [6, 6.07) is 5.52. The zero-order valence-electron chi connectivity index (χ0n) is 10.4. The maximum absolute atomic E-state index is 10.3.